The number of hydrogen-bond acceptors (Lipinski definition) is 7. The van der Waals surface area contributed by atoms with Crippen molar-refractivity contribution in [2.45, 2.75) is 13.0 Å². The zero-order valence-electron chi connectivity index (χ0n) is 18.3. The quantitative estimate of drug-likeness (QED) is 0.362. The SMILES string of the molecule is Cc1nc2ccccn2c1/C(O)=C1\C(=O)C(=O)N(CCN2CCOCC2)[C@@H]1c1ccncc1. The van der Waals surface area contributed by atoms with E-state index in [0.29, 0.717) is 43.3 Å². The Kier molecular flexibility index (Phi) is 5.65. The van der Waals surface area contributed by atoms with Crippen LogP contribution in [0.15, 0.2) is 54.5 Å². The first-order valence-corrected chi connectivity index (χ1v) is 11.0. The van der Waals surface area contributed by atoms with Gasteiger partial charge in [-0.3, -0.25) is 23.9 Å². The molecule has 1 N–H and O–H groups in total. The number of fused-ring (bicyclic) bond motifs is 1. The van der Waals surface area contributed by atoms with Crippen LogP contribution in [0.3, 0.4) is 0 Å². The van der Waals surface area contributed by atoms with Crippen LogP contribution in [0.2, 0.25) is 0 Å². The van der Waals surface area contributed by atoms with Gasteiger partial charge in [0.15, 0.2) is 5.76 Å². The molecule has 5 rings (SSSR count). The minimum Gasteiger partial charge on any atom is -0.505 e. The summed E-state index contributed by atoms with van der Waals surface area (Å²) in [5.41, 5.74) is 2.43. The minimum atomic E-state index is -0.706. The molecule has 170 valence electrons. The summed E-state index contributed by atoms with van der Waals surface area (Å²) in [7, 11) is 0. The predicted molar refractivity (Wildman–Crippen MR) is 120 cm³/mol. The summed E-state index contributed by atoms with van der Waals surface area (Å²) >= 11 is 0. The molecule has 9 nitrogen and oxygen atoms in total. The Morgan fingerprint density at radius 3 is 2.64 bits per heavy atom. The van der Waals surface area contributed by atoms with Gasteiger partial charge in [0, 0.05) is 44.8 Å². The van der Waals surface area contributed by atoms with E-state index in [0.717, 1.165) is 18.7 Å². The lowest BCUT2D eigenvalue weighted by molar-refractivity contribution is -0.140. The highest BCUT2D eigenvalue weighted by atomic mass is 16.5. The number of likely N-dealkylation sites (tertiary alicyclic amines) is 1. The molecule has 0 saturated carbocycles. The Bertz CT molecular complexity index is 1230. The second kappa shape index (κ2) is 8.76. The highest BCUT2D eigenvalue weighted by molar-refractivity contribution is 6.46. The van der Waals surface area contributed by atoms with Crippen molar-refractivity contribution in [2.24, 2.45) is 0 Å². The Labute approximate surface area is 190 Å². The first kappa shape index (κ1) is 21.3. The number of carbonyl (C=O) groups is 2. The van der Waals surface area contributed by atoms with E-state index in [4.69, 9.17) is 4.74 Å². The average Bonchev–Trinajstić information content (AvgIpc) is 3.31. The van der Waals surface area contributed by atoms with Gasteiger partial charge in [-0.05, 0) is 36.8 Å². The summed E-state index contributed by atoms with van der Waals surface area (Å²) in [6.07, 6.45) is 5.02. The van der Waals surface area contributed by atoms with Gasteiger partial charge in [-0.25, -0.2) is 4.98 Å². The number of morpholine rings is 1. The van der Waals surface area contributed by atoms with Crippen molar-refractivity contribution in [1.29, 1.82) is 0 Å². The van der Waals surface area contributed by atoms with Crippen molar-refractivity contribution in [2.75, 3.05) is 39.4 Å². The van der Waals surface area contributed by atoms with Crippen LogP contribution in [0, 0.1) is 6.92 Å². The van der Waals surface area contributed by atoms with Crippen molar-refractivity contribution in [3.8, 4) is 0 Å². The van der Waals surface area contributed by atoms with E-state index in [1.54, 1.807) is 46.9 Å². The van der Waals surface area contributed by atoms with E-state index < -0.39 is 17.7 Å². The maximum atomic E-state index is 13.2. The number of amides is 1. The van der Waals surface area contributed by atoms with Gasteiger partial charge < -0.3 is 14.7 Å². The molecule has 0 unspecified atom stereocenters. The number of ether oxygens (including phenoxy) is 1. The molecule has 0 radical (unpaired) electrons. The number of aliphatic hydroxyl groups is 1. The number of nitrogens with zero attached hydrogens (tertiary/aromatic N) is 5. The maximum absolute atomic E-state index is 13.2. The van der Waals surface area contributed by atoms with E-state index >= 15 is 0 Å². The fourth-order valence-electron chi connectivity index (χ4n) is 4.60. The number of pyridine rings is 2. The standard InChI is InChI=1S/C24H25N5O4/c1-16-20(28-9-3-2-4-18(28)26-16)22(30)19-21(17-5-7-25-8-6-17)29(24(32)23(19)31)11-10-27-12-14-33-15-13-27/h2-9,21,30H,10-15H2,1H3/b22-19+/t21-/m1/s1. The molecule has 9 heteroatoms. The van der Waals surface area contributed by atoms with Gasteiger partial charge in [-0.2, -0.15) is 0 Å². The van der Waals surface area contributed by atoms with Gasteiger partial charge in [-0.1, -0.05) is 6.07 Å². The molecule has 3 aromatic rings. The third-order valence-electron chi connectivity index (χ3n) is 6.25. The average molecular weight is 447 g/mol. The van der Waals surface area contributed by atoms with E-state index in [2.05, 4.69) is 14.9 Å². The number of aromatic nitrogens is 3. The molecule has 1 atom stereocenters. The summed E-state index contributed by atoms with van der Waals surface area (Å²) in [5, 5.41) is 11.4. The summed E-state index contributed by atoms with van der Waals surface area (Å²) in [5.74, 6) is -1.53. The number of Topliss-reactive ketones (excluding diaryl/α,β-unsaturated/α-hetero) is 1. The van der Waals surface area contributed by atoms with Gasteiger partial charge in [0.25, 0.3) is 11.7 Å². The fraction of sp³-hybridized carbons (Fsp3) is 0.333. The molecule has 2 fully saturated rings. The monoisotopic (exact) mass is 447 g/mol. The van der Waals surface area contributed by atoms with Gasteiger partial charge >= 0.3 is 0 Å². The third kappa shape index (κ3) is 3.79. The molecule has 3 aromatic heterocycles. The maximum Gasteiger partial charge on any atom is 0.295 e. The van der Waals surface area contributed by atoms with Crippen LogP contribution in [-0.2, 0) is 14.3 Å². The zero-order chi connectivity index (χ0) is 22.9. The summed E-state index contributed by atoms with van der Waals surface area (Å²) in [4.78, 5) is 38.7. The molecular formula is C24H25N5O4. The number of aliphatic hydroxyl groups excluding tert-OH is 1. The molecular weight excluding hydrogens is 422 g/mol. The van der Waals surface area contributed by atoms with Crippen molar-refractivity contribution >= 4 is 23.1 Å². The topological polar surface area (TPSA) is 100 Å². The fourth-order valence-corrected chi connectivity index (χ4v) is 4.60. The van der Waals surface area contributed by atoms with Crippen LogP contribution >= 0.6 is 0 Å². The summed E-state index contributed by atoms with van der Waals surface area (Å²) in [6, 6.07) is 8.34. The summed E-state index contributed by atoms with van der Waals surface area (Å²) in [6.45, 7) is 5.63. The molecule has 0 aromatic carbocycles. The number of hydrogen-bond donors (Lipinski definition) is 1. The lowest BCUT2D eigenvalue weighted by Gasteiger charge is -2.30. The summed E-state index contributed by atoms with van der Waals surface area (Å²) < 4.78 is 7.14. The van der Waals surface area contributed by atoms with E-state index in [-0.39, 0.29) is 11.3 Å². The second-order valence-corrected chi connectivity index (χ2v) is 8.20. The molecule has 33 heavy (non-hydrogen) atoms. The first-order chi connectivity index (χ1) is 16.1. The van der Waals surface area contributed by atoms with Crippen LogP contribution in [-0.4, -0.2) is 80.4 Å². The lowest BCUT2D eigenvalue weighted by atomic mass is 9.97. The highest BCUT2D eigenvalue weighted by Crippen LogP contribution is 2.39. The molecule has 2 aliphatic heterocycles. The minimum absolute atomic E-state index is 0.0712. The van der Waals surface area contributed by atoms with Gasteiger partial charge in [-0.15, -0.1) is 0 Å². The third-order valence-corrected chi connectivity index (χ3v) is 6.25. The van der Waals surface area contributed by atoms with E-state index in [1.807, 2.05) is 18.2 Å². The van der Waals surface area contributed by atoms with Crippen molar-refractivity contribution in [3.63, 3.8) is 0 Å². The van der Waals surface area contributed by atoms with Crippen LogP contribution in [0.4, 0.5) is 0 Å². The van der Waals surface area contributed by atoms with Gasteiger partial charge in [0.1, 0.15) is 11.3 Å². The van der Waals surface area contributed by atoms with E-state index in [1.165, 1.54) is 0 Å². The van der Waals surface area contributed by atoms with Crippen LogP contribution in [0.1, 0.15) is 23.0 Å². The number of ketones is 1. The Morgan fingerprint density at radius 1 is 1.12 bits per heavy atom. The first-order valence-electron chi connectivity index (χ1n) is 11.0. The highest BCUT2D eigenvalue weighted by Gasteiger charge is 2.46. The largest absolute Gasteiger partial charge is 0.505 e. The van der Waals surface area contributed by atoms with Gasteiger partial charge in [0.2, 0.25) is 0 Å². The van der Waals surface area contributed by atoms with Crippen LogP contribution < -0.4 is 0 Å². The molecule has 5 heterocycles. The van der Waals surface area contributed by atoms with Crippen molar-refractivity contribution < 1.29 is 19.4 Å². The molecule has 0 spiro atoms. The Hall–Kier alpha value is -3.56. The Balaban J connectivity index is 1.59. The number of rotatable bonds is 5. The smallest absolute Gasteiger partial charge is 0.295 e. The van der Waals surface area contributed by atoms with Crippen molar-refractivity contribution in [3.05, 3.63) is 71.4 Å². The number of carbonyl (C=O) groups excluding carboxylic acids is 2. The van der Waals surface area contributed by atoms with Crippen molar-refractivity contribution in [1.82, 2.24) is 24.2 Å². The zero-order valence-corrected chi connectivity index (χ0v) is 18.3. The molecule has 1 amide bonds. The molecule has 2 saturated heterocycles. The normalized spacial score (nSPS) is 21.2. The van der Waals surface area contributed by atoms with Crippen LogP contribution in [0.25, 0.3) is 11.4 Å². The number of aryl methyl sites for hydroxylation is 1. The predicted octanol–water partition coefficient (Wildman–Crippen LogP) is 1.79. The molecule has 2 aliphatic rings. The van der Waals surface area contributed by atoms with E-state index in [9.17, 15) is 14.7 Å². The second-order valence-electron chi connectivity index (χ2n) is 8.20. The van der Waals surface area contributed by atoms with Crippen LogP contribution in [0.5, 0.6) is 0 Å². The lowest BCUT2D eigenvalue weighted by Crippen LogP contribution is -2.42. The molecule has 0 aliphatic carbocycles. The molecule has 0 bridgehead atoms. The van der Waals surface area contributed by atoms with Gasteiger partial charge in [0.05, 0.1) is 30.5 Å². The Morgan fingerprint density at radius 2 is 1.88 bits per heavy atom. The number of imidazole rings is 1.